The van der Waals surface area contributed by atoms with Crippen molar-refractivity contribution in [3.05, 3.63) is 0 Å². The molecule has 16 heavy (non-hydrogen) atoms. The Kier molecular flexibility index (Phi) is 5.19. The predicted molar refractivity (Wildman–Crippen MR) is 61.8 cm³/mol. The fourth-order valence-electron chi connectivity index (χ4n) is 1.85. The monoisotopic (exact) mass is 245 g/mol. The van der Waals surface area contributed by atoms with Gasteiger partial charge in [-0.25, -0.2) is 0 Å². The lowest BCUT2D eigenvalue weighted by Gasteiger charge is -2.25. The van der Waals surface area contributed by atoms with Gasteiger partial charge in [-0.3, -0.25) is 0 Å². The van der Waals surface area contributed by atoms with Gasteiger partial charge in [-0.2, -0.15) is 22.7 Å². The van der Waals surface area contributed by atoms with Crippen molar-refractivity contribution in [3.63, 3.8) is 0 Å². The molecule has 0 aliphatic heterocycles. The zero-order valence-electron chi connectivity index (χ0n) is 9.65. The van der Waals surface area contributed by atoms with Crippen molar-refractivity contribution in [3.8, 4) is 6.07 Å². The number of hydrogen-bond acceptors (Lipinski definition) is 3. The highest BCUT2D eigenvalue weighted by Crippen LogP contribution is 2.18. The maximum Gasteiger partial charge on any atom is 0.279 e. The minimum absolute atomic E-state index is 0.0725. The normalized spacial score (nSPS) is 18.6. The summed E-state index contributed by atoms with van der Waals surface area (Å²) in [6.07, 6.45) is 5.45. The maximum atomic E-state index is 11.8. The van der Waals surface area contributed by atoms with Crippen LogP contribution in [0.3, 0.4) is 0 Å². The minimum atomic E-state index is -3.40. The number of nitrogens with zero attached hydrogens (tertiary/aromatic N) is 2. The van der Waals surface area contributed by atoms with E-state index in [9.17, 15) is 8.42 Å². The zero-order valence-corrected chi connectivity index (χ0v) is 10.5. The second-order valence-corrected chi connectivity index (χ2v) is 6.00. The van der Waals surface area contributed by atoms with E-state index in [0.717, 1.165) is 25.7 Å². The van der Waals surface area contributed by atoms with E-state index in [0.29, 0.717) is 0 Å². The molecule has 0 aromatic heterocycles. The van der Waals surface area contributed by atoms with Crippen LogP contribution in [0.25, 0.3) is 0 Å². The van der Waals surface area contributed by atoms with Gasteiger partial charge in [0.05, 0.1) is 6.07 Å². The first-order valence-electron chi connectivity index (χ1n) is 5.67. The maximum absolute atomic E-state index is 11.8. The molecule has 0 atom stereocenters. The molecule has 6 heteroatoms. The van der Waals surface area contributed by atoms with Gasteiger partial charge in [-0.05, 0) is 12.8 Å². The van der Waals surface area contributed by atoms with Crippen LogP contribution < -0.4 is 4.72 Å². The lowest BCUT2D eigenvalue weighted by Crippen LogP contribution is -2.44. The van der Waals surface area contributed by atoms with Gasteiger partial charge < -0.3 is 0 Å². The van der Waals surface area contributed by atoms with Crippen LogP contribution in [0.2, 0.25) is 0 Å². The van der Waals surface area contributed by atoms with E-state index in [2.05, 4.69) is 4.72 Å². The minimum Gasteiger partial charge on any atom is -0.199 e. The van der Waals surface area contributed by atoms with Crippen LogP contribution in [0.1, 0.15) is 38.5 Å². The van der Waals surface area contributed by atoms with E-state index in [1.165, 1.54) is 17.8 Å². The Morgan fingerprint density at radius 3 is 2.56 bits per heavy atom. The van der Waals surface area contributed by atoms with Crippen LogP contribution in [0.15, 0.2) is 0 Å². The Labute approximate surface area is 97.6 Å². The van der Waals surface area contributed by atoms with E-state index < -0.39 is 10.2 Å². The molecule has 1 saturated carbocycles. The molecule has 5 nitrogen and oxygen atoms in total. The van der Waals surface area contributed by atoms with E-state index in [1.54, 1.807) is 0 Å². The third kappa shape index (κ3) is 4.08. The summed E-state index contributed by atoms with van der Waals surface area (Å²) in [6, 6.07) is 2.01. The third-order valence-corrected chi connectivity index (χ3v) is 4.50. The van der Waals surface area contributed by atoms with Crippen molar-refractivity contribution in [2.45, 2.75) is 44.6 Å². The molecule has 0 aromatic rings. The van der Waals surface area contributed by atoms with Crippen molar-refractivity contribution in [2.75, 3.05) is 13.6 Å². The Morgan fingerprint density at radius 1 is 1.38 bits per heavy atom. The number of rotatable bonds is 5. The van der Waals surface area contributed by atoms with E-state index in [4.69, 9.17) is 5.26 Å². The lowest BCUT2D eigenvalue weighted by atomic mass is 9.96. The van der Waals surface area contributed by atoms with Gasteiger partial charge in [0.25, 0.3) is 10.2 Å². The lowest BCUT2D eigenvalue weighted by molar-refractivity contribution is 0.392. The van der Waals surface area contributed by atoms with E-state index in [1.807, 2.05) is 6.07 Å². The fraction of sp³-hybridized carbons (Fsp3) is 0.900. The predicted octanol–water partition coefficient (Wildman–Crippen LogP) is 0.999. The average molecular weight is 245 g/mol. The SMILES string of the molecule is CN(CCC#N)S(=O)(=O)NC1CCCCC1. The van der Waals surface area contributed by atoms with Crippen LogP contribution in [0, 0.1) is 11.3 Å². The van der Waals surface area contributed by atoms with Gasteiger partial charge >= 0.3 is 0 Å². The van der Waals surface area contributed by atoms with Gasteiger partial charge in [-0.15, -0.1) is 0 Å². The highest BCUT2D eigenvalue weighted by molar-refractivity contribution is 7.87. The molecule has 0 unspecified atom stereocenters. The smallest absolute Gasteiger partial charge is 0.199 e. The standard InChI is InChI=1S/C10H19N3O2S/c1-13(9-5-8-11)16(14,15)12-10-6-3-2-4-7-10/h10,12H,2-7,9H2,1H3. The summed E-state index contributed by atoms with van der Waals surface area (Å²) in [6.45, 7) is 0.249. The van der Waals surface area contributed by atoms with Crippen molar-refractivity contribution < 1.29 is 8.42 Å². The molecular weight excluding hydrogens is 226 g/mol. The van der Waals surface area contributed by atoms with Crippen LogP contribution in [0.5, 0.6) is 0 Å². The quantitative estimate of drug-likeness (QED) is 0.785. The molecule has 0 heterocycles. The summed E-state index contributed by atoms with van der Waals surface area (Å²) in [5.41, 5.74) is 0. The molecule has 0 bridgehead atoms. The van der Waals surface area contributed by atoms with Crippen molar-refractivity contribution in [1.82, 2.24) is 9.03 Å². The van der Waals surface area contributed by atoms with Crippen molar-refractivity contribution >= 4 is 10.2 Å². The van der Waals surface area contributed by atoms with Gasteiger partial charge in [-0.1, -0.05) is 19.3 Å². The summed E-state index contributed by atoms with van der Waals surface area (Å²) in [7, 11) is -1.90. The third-order valence-electron chi connectivity index (χ3n) is 2.87. The van der Waals surface area contributed by atoms with Crippen LogP contribution >= 0.6 is 0 Å². The molecular formula is C10H19N3O2S. The van der Waals surface area contributed by atoms with Crippen molar-refractivity contribution in [1.29, 1.82) is 5.26 Å². The molecule has 0 aromatic carbocycles. The van der Waals surface area contributed by atoms with Crippen LogP contribution in [-0.4, -0.2) is 32.4 Å². The molecule has 0 radical (unpaired) electrons. The number of nitrogens with one attached hydrogen (secondary N) is 1. The summed E-state index contributed by atoms with van der Waals surface area (Å²) in [4.78, 5) is 0. The second kappa shape index (κ2) is 6.18. The van der Waals surface area contributed by atoms with Crippen LogP contribution in [-0.2, 0) is 10.2 Å². The first kappa shape index (κ1) is 13.4. The zero-order chi connectivity index (χ0) is 12.0. The van der Waals surface area contributed by atoms with E-state index in [-0.39, 0.29) is 19.0 Å². The van der Waals surface area contributed by atoms with E-state index >= 15 is 0 Å². The topological polar surface area (TPSA) is 73.2 Å². The van der Waals surface area contributed by atoms with Gasteiger partial charge in [0, 0.05) is 26.1 Å². The summed E-state index contributed by atoms with van der Waals surface area (Å²) >= 11 is 0. The average Bonchev–Trinajstić information content (AvgIpc) is 2.26. The van der Waals surface area contributed by atoms with Crippen LogP contribution in [0.4, 0.5) is 0 Å². The highest BCUT2D eigenvalue weighted by Gasteiger charge is 2.23. The molecule has 0 saturated heterocycles. The molecule has 0 amide bonds. The molecule has 92 valence electrons. The largest absolute Gasteiger partial charge is 0.279 e. The van der Waals surface area contributed by atoms with Gasteiger partial charge in [0.15, 0.2) is 0 Å². The Hall–Kier alpha value is -0.640. The summed E-state index contributed by atoms with van der Waals surface area (Å²) in [5, 5.41) is 8.41. The second-order valence-electron chi connectivity index (χ2n) is 4.19. The summed E-state index contributed by atoms with van der Waals surface area (Å²) in [5.74, 6) is 0. The first-order valence-corrected chi connectivity index (χ1v) is 7.11. The first-order chi connectivity index (χ1) is 7.56. The Morgan fingerprint density at radius 2 is 2.00 bits per heavy atom. The summed E-state index contributed by atoms with van der Waals surface area (Å²) < 4.78 is 27.5. The molecule has 1 fully saturated rings. The number of hydrogen-bond donors (Lipinski definition) is 1. The Bertz CT molecular complexity index is 342. The number of nitriles is 1. The molecule has 1 N–H and O–H groups in total. The fourth-order valence-corrected chi connectivity index (χ4v) is 3.02. The molecule has 1 rings (SSSR count). The Balaban J connectivity index is 2.46. The molecule has 1 aliphatic rings. The molecule has 0 spiro atoms. The van der Waals surface area contributed by atoms with Gasteiger partial charge in [0.2, 0.25) is 0 Å². The van der Waals surface area contributed by atoms with Gasteiger partial charge in [0.1, 0.15) is 0 Å². The molecule has 1 aliphatic carbocycles. The highest BCUT2D eigenvalue weighted by atomic mass is 32.2. The van der Waals surface area contributed by atoms with Crippen molar-refractivity contribution in [2.24, 2.45) is 0 Å².